The van der Waals surface area contributed by atoms with Crippen molar-refractivity contribution in [2.75, 3.05) is 20.3 Å². The maximum Gasteiger partial charge on any atom is 0.343 e. The minimum atomic E-state index is -0.425. The van der Waals surface area contributed by atoms with E-state index in [1.807, 2.05) is 13.8 Å². The smallest absolute Gasteiger partial charge is 0.343 e. The van der Waals surface area contributed by atoms with Crippen molar-refractivity contribution in [1.82, 2.24) is 0 Å². The molecule has 0 fully saturated rings. The van der Waals surface area contributed by atoms with Crippen molar-refractivity contribution in [3.05, 3.63) is 54.1 Å². The Morgan fingerprint density at radius 2 is 1.39 bits per heavy atom. The van der Waals surface area contributed by atoms with Crippen LogP contribution < -0.4 is 14.2 Å². The number of carbonyl (C=O) groups excluding carboxylic acids is 2. The predicted molar refractivity (Wildman–Crippen MR) is 119 cm³/mol. The standard InChI is InChI=1S/C25H32O6/c1-4-19(2)24(26)30-18-8-6-5-7-17-29-22-11-9-20(10-12-22)25(27)31-23-15-13-21(28-3)14-16-23/h9-16,19H,4-8,17-18H2,1-3H3. The second-order valence-corrected chi connectivity index (χ2v) is 7.33. The van der Waals surface area contributed by atoms with E-state index in [0.29, 0.717) is 36.0 Å². The summed E-state index contributed by atoms with van der Waals surface area (Å²) in [5, 5.41) is 0. The molecule has 2 rings (SSSR count). The summed E-state index contributed by atoms with van der Waals surface area (Å²) in [6, 6.07) is 13.7. The number of benzene rings is 2. The van der Waals surface area contributed by atoms with Gasteiger partial charge in [0.2, 0.25) is 0 Å². The van der Waals surface area contributed by atoms with Crippen LogP contribution in [-0.2, 0) is 9.53 Å². The number of carbonyl (C=O) groups is 2. The lowest BCUT2D eigenvalue weighted by molar-refractivity contribution is -0.148. The average molecular weight is 429 g/mol. The number of hydrogen-bond acceptors (Lipinski definition) is 6. The third-order valence-electron chi connectivity index (χ3n) is 4.93. The molecule has 0 aliphatic heterocycles. The van der Waals surface area contributed by atoms with Crippen LogP contribution in [0.15, 0.2) is 48.5 Å². The van der Waals surface area contributed by atoms with Crippen LogP contribution in [0.25, 0.3) is 0 Å². The van der Waals surface area contributed by atoms with Gasteiger partial charge in [-0.1, -0.05) is 13.8 Å². The summed E-state index contributed by atoms with van der Waals surface area (Å²) in [6.07, 6.45) is 4.59. The number of methoxy groups -OCH3 is 1. The van der Waals surface area contributed by atoms with Crippen LogP contribution in [0.4, 0.5) is 0 Å². The molecule has 0 aromatic heterocycles. The van der Waals surface area contributed by atoms with Gasteiger partial charge in [-0.25, -0.2) is 4.79 Å². The fraction of sp³-hybridized carbons (Fsp3) is 0.440. The second kappa shape index (κ2) is 13.3. The monoisotopic (exact) mass is 428 g/mol. The van der Waals surface area contributed by atoms with Crippen LogP contribution in [0.5, 0.6) is 17.2 Å². The number of esters is 2. The molecule has 0 amide bonds. The van der Waals surface area contributed by atoms with E-state index < -0.39 is 5.97 Å². The van der Waals surface area contributed by atoms with E-state index in [9.17, 15) is 9.59 Å². The molecule has 1 atom stereocenters. The molecule has 0 spiro atoms. The fourth-order valence-electron chi connectivity index (χ4n) is 2.73. The van der Waals surface area contributed by atoms with Gasteiger partial charge in [-0.2, -0.15) is 0 Å². The summed E-state index contributed by atoms with van der Waals surface area (Å²) < 4.78 is 21.4. The Hall–Kier alpha value is -3.02. The largest absolute Gasteiger partial charge is 0.497 e. The predicted octanol–water partition coefficient (Wildman–Crippen LogP) is 5.44. The topological polar surface area (TPSA) is 71.1 Å². The lowest BCUT2D eigenvalue weighted by Crippen LogP contribution is -2.14. The van der Waals surface area contributed by atoms with Crippen LogP contribution in [0.3, 0.4) is 0 Å². The Morgan fingerprint density at radius 1 is 0.806 bits per heavy atom. The van der Waals surface area contributed by atoms with E-state index >= 15 is 0 Å². The summed E-state index contributed by atoms with van der Waals surface area (Å²) in [7, 11) is 1.58. The third kappa shape index (κ3) is 8.70. The SMILES string of the molecule is CCC(C)C(=O)OCCCCCCOc1ccc(C(=O)Oc2ccc(OC)cc2)cc1. The maximum atomic E-state index is 12.2. The lowest BCUT2D eigenvalue weighted by Gasteiger charge is -2.09. The van der Waals surface area contributed by atoms with Crippen molar-refractivity contribution >= 4 is 11.9 Å². The summed E-state index contributed by atoms with van der Waals surface area (Å²) in [6.45, 7) is 4.95. The summed E-state index contributed by atoms with van der Waals surface area (Å²) in [5.74, 6) is 1.31. The first-order valence-electron chi connectivity index (χ1n) is 10.8. The number of hydrogen-bond donors (Lipinski definition) is 0. The first-order chi connectivity index (χ1) is 15.0. The van der Waals surface area contributed by atoms with E-state index in [1.165, 1.54) is 0 Å². The van der Waals surface area contributed by atoms with Gasteiger partial charge in [-0.05, 0) is 80.6 Å². The Bertz CT molecular complexity index is 798. The normalized spacial score (nSPS) is 11.5. The molecule has 2 aromatic carbocycles. The minimum absolute atomic E-state index is 0.0240. The molecule has 2 aromatic rings. The summed E-state index contributed by atoms with van der Waals surface area (Å²) in [4.78, 5) is 23.8. The van der Waals surface area contributed by atoms with E-state index in [2.05, 4.69) is 0 Å². The molecular formula is C25H32O6. The van der Waals surface area contributed by atoms with Gasteiger partial charge in [-0.3, -0.25) is 4.79 Å². The van der Waals surface area contributed by atoms with Gasteiger partial charge in [-0.15, -0.1) is 0 Å². The highest BCUT2D eigenvalue weighted by molar-refractivity contribution is 5.91. The van der Waals surface area contributed by atoms with Gasteiger partial charge in [0.15, 0.2) is 0 Å². The summed E-state index contributed by atoms with van der Waals surface area (Å²) in [5.41, 5.74) is 0.454. The van der Waals surface area contributed by atoms with Gasteiger partial charge >= 0.3 is 11.9 Å². The van der Waals surface area contributed by atoms with Crippen molar-refractivity contribution in [1.29, 1.82) is 0 Å². The van der Waals surface area contributed by atoms with Gasteiger partial charge in [0.25, 0.3) is 0 Å². The Morgan fingerprint density at radius 3 is 2.00 bits per heavy atom. The first-order valence-corrected chi connectivity index (χ1v) is 10.8. The van der Waals surface area contributed by atoms with Crippen molar-refractivity contribution in [3.8, 4) is 17.2 Å². The lowest BCUT2D eigenvalue weighted by atomic mass is 10.1. The Labute approximate surface area is 184 Å². The summed E-state index contributed by atoms with van der Waals surface area (Å²) >= 11 is 0. The molecule has 0 aliphatic rings. The molecule has 0 aliphatic carbocycles. The first kappa shape index (κ1) is 24.3. The highest BCUT2D eigenvalue weighted by atomic mass is 16.5. The van der Waals surface area contributed by atoms with Crippen LogP contribution in [0.1, 0.15) is 56.3 Å². The van der Waals surface area contributed by atoms with Crippen molar-refractivity contribution in [2.24, 2.45) is 5.92 Å². The molecule has 1 unspecified atom stereocenters. The number of ether oxygens (including phenoxy) is 4. The molecule has 0 heterocycles. The zero-order valence-corrected chi connectivity index (χ0v) is 18.6. The van der Waals surface area contributed by atoms with Crippen molar-refractivity contribution < 1.29 is 28.5 Å². The van der Waals surface area contributed by atoms with Crippen molar-refractivity contribution in [2.45, 2.75) is 46.0 Å². The zero-order valence-electron chi connectivity index (χ0n) is 18.6. The van der Waals surface area contributed by atoms with Gasteiger partial charge in [0.05, 0.1) is 31.8 Å². The molecule has 6 nitrogen and oxygen atoms in total. The molecule has 0 N–H and O–H groups in total. The highest BCUT2D eigenvalue weighted by Crippen LogP contribution is 2.19. The van der Waals surface area contributed by atoms with Crippen LogP contribution in [0.2, 0.25) is 0 Å². The minimum Gasteiger partial charge on any atom is -0.497 e. The molecule has 6 heteroatoms. The maximum absolute atomic E-state index is 12.2. The molecule has 0 radical (unpaired) electrons. The third-order valence-corrected chi connectivity index (χ3v) is 4.93. The molecule has 0 saturated carbocycles. The fourth-order valence-corrected chi connectivity index (χ4v) is 2.73. The van der Waals surface area contributed by atoms with E-state index in [1.54, 1.807) is 55.6 Å². The van der Waals surface area contributed by atoms with Crippen molar-refractivity contribution in [3.63, 3.8) is 0 Å². The molecule has 0 saturated heterocycles. The van der Waals surface area contributed by atoms with Gasteiger partial charge in [0.1, 0.15) is 17.2 Å². The Kier molecular flexibility index (Phi) is 10.4. The molecular weight excluding hydrogens is 396 g/mol. The highest BCUT2D eigenvalue weighted by Gasteiger charge is 2.11. The molecule has 31 heavy (non-hydrogen) atoms. The van der Waals surface area contributed by atoms with E-state index in [4.69, 9.17) is 18.9 Å². The van der Waals surface area contributed by atoms with E-state index in [-0.39, 0.29) is 11.9 Å². The number of unbranched alkanes of at least 4 members (excludes halogenated alkanes) is 3. The Balaban J connectivity index is 1.61. The second-order valence-electron chi connectivity index (χ2n) is 7.33. The van der Waals surface area contributed by atoms with Crippen LogP contribution in [0, 0.1) is 5.92 Å². The molecule has 168 valence electrons. The van der Waals surface area contributed by atoms with Crippen LogP contribution >= 0.6 is 0 Å². The van der Waals surface area contributed by atoms with Gasteiger partial charge in [0, 0.05) is 0 Å². The van der Waals surface area contributed by atoms with Crippen LogP contribution in [-0.4, -0.2) is 32.3 Å². The molecule has 0 bridgehead atoms. The average Bonchev–Trinajstić information content (AvgIpc) is 2.80. The quantitative estimate of drug-likeness (QED) is 0.240. The van der Waals surface area contributed by atoms with Gasteiger partial charge < -0.3 is 18.9 Å². The zero-order chi connectivity index (χ0) is 22.5. The van der Waals surface area contributed by atoms with E-state index in [0.717, 1.165) is 32.1 Å². The number of rotatable bonds is 13.